The number of rotatable bonds is 4. The molecule has 2 aromatic rings. The van der Waals surface area contributed by atoms with Gasteiger partial charge in [-0.05, 0) is 44.9 Å². The summed E-state index contributed by atoms with van der Waals surface area (Å²) in [6.45, 7) is 7.34. The lowest BCUT2D eigenvalue weighted by Crippen LogP contribution is -2.26. The molecule has 1 aromatic carbocycles. The van der Waals surface area contributed by atoms with Gasteiger partial charge in [-0.3, -0.25) is 4.79 Å². The van der Waals surface area contributed by atoms with E-state index in [0.717, 1.165) is 32.7 Å². The fourth-order valence-corrected chi connectivity index (χ4v) is 2.67. The summed E-state index contributed by atoms with van der Waals surface area (Å²) in [5.41, 5.74) is 3.92. The summed E-state index contributed by atoms with van der Waals surface area (Å²) in [6.07, 6.45) is 0.149. The molecule has 0 N–H and O–H groups in total. The third-order valence-corrected chi connectivity index (χ3v) is 3.89. The van der Waals surface area contributed by atoms with Gasteiger partial charge < -0.3 is 9.15 Å². The highest BCUT2D eigenvalue weighted by molar-refractivity contribution is 6.35. The van der Waals surface area contributed by atoms with Crippen molar-refractivity contribution in [2.24, 2.45) is 5.10 Å². The molecule has 128 valence electrons. The van der Waals surface area contributed by atoms with Gasteiger partial charge in [0.25, 0.3) is 0 Å². The largest absolute Gasteiger partial charge is 0.464 e. The standard InChI is InChI=1S/C18H22N2O4/c1-10-7-11(2)17-15(8-10)14(13(4)24-17)9-16(21)20(5)19-12(3)18(22)23-6/h7-8H,9H2,1-6H3. The monoisotopic (exact) mass is 330 g/mol. The minimum absolute atomic E-state index is 0.119. The maximum absolute atomic E-state index is 12.4. The van der Waals surface area contributed by atoms with Crippen LogP contribution in [-0.4, -0.2) is 36.8 Å². The molecule has 0 aliphatic carbocycles. The first kappa shape index (κ1) is 17.7. The van der Waals surface area contributed by atoms with Gasteiger partial charge in [-0.15, -0.1) is 0 Å². The smallest absolute Gasteiger partial charge is 0.353 e. The minimum Gasteiger partial charge on any atom is -0.464 e. The molecule has 0 saturated heterocycles. The van der Waals surface area contributed by atoms with Crippen molar-refractivity contribution in [3.05, 3.63) is 34.6 Å². The second-order valence-electron chi connectivity index (χ2n) is 5.87. The summed E-state index contributed by atoms with van der Waals surface area (Å²) in [4.78, 5) is 23.8. The number of esters is 1. The quantitative estimate of drug-likeness (QED) is 0.491. The van der Waals surface area contributed by atoms with E-state index < -0.39 is 5.97 Å². The Labute approximate surface area is 141 Å². The van der Waals surface area contributed by atoms with Crippen LogP contribution in [0.1, 0.15) is 29.4 Å². The molecule has 24 heavy (non-hydrogen) atoms. The Morgan fingerprint density at radius 2 is 1.92 bits per heavy atom. The molecule has 0 aliphatic heterocycles. The molecule has 0 spiro atoms. The summed E-state index contributed by atoms with van der Waals surface area (Å²) in [6, 6.07) is 4.07. The van der Waals surface area contributed by atoms with E-state index in [1.165, 1.54) is 21.1 Å². The number of hydrogen-bond donors (Lipinski definition) is 0. The molecule has 0 unspecified atom stereocenters. The van der Waals surface area contributed by atoms with Crippen molar-refractivity contribution in [1.82, 2.24) is 5.01 Å². The zero-order valence-corrected chi connectivity index (χ0v) is 14.9. The number of likely N-dealkylation sites (N-methyl/N-ethyl adjacent to an activating group) is 1. The topological polar surface area (TPSA) is 72.1 Å². The van der Waals surface area contributed by atoms with Gasteiger partial charge in [-0.2, -0.15) is 5.10 Å². The number of ether oxygens (including phenoxy) is 1. The van der Waals surface area contributed by atoms with Crippen LogP contribution in [0.15, 0.2) is 21.7 Å². The van der Waals surface area contributed by atoms with E-state index in [9.17, 15) is 9.59 Å². The molecule has 6 heteroatoms. The van der Waals surface area contributed by atoms with Gasteiger partial charge in [-0.1, -0.05) is 6.07 Å². The van der Waals surface area contributed by atoms with Crippen molar-refractivity contribution in [2.75, 3.05) is 14.2 Å². The minimum atomic E-state index is -0.564. The van der Waals surface area contributed by atoms with Gasteiger partial charge in [0, 0.05) is 18.0 Å². The number of carbonyl (C=O) groups is 2. The fourth-order valence-electron chi connectivity index (χ4n) is 2.67. The van der Waals surface area contributed by atoms with Crippen molar-refractivity contribution in [2.45, 2.75) is 34.1 Å². The molecule has 1 aromatic heterocycles. The van der Waals surface area contributed by atoms with Crippen molar-refractivity contribution >= 4 is 28.6 Å². The highest BCUT2D eigenvalue weighted by atomic mass is 16.5. The number of benzene rings is 1. The summed E-state index contributed by atoms with van der Waals surface area (Å²) in [5, 5.41) is 6.07. The number of nitrogens with zero attached hydrogens (tertiary/aromatic N) is 2. The van der Waals surface area contributed by atoms with Gasteiger partial charge in [0.1, 0.15) is 17.1 Å². The van der Waals surface area contributed by atoms with Gasteiger partial charge in [0.05, 0.1) is 13.5 Å². The number of methoxy groups -OCH3 is 1. The molecule has 2 rings (SSSR count). The number of hydrazone groups is 1. The van der Waals surface area contributed by atoms with Crippen LogP contribution in [-0.2, 0) is 20.7 Å². The summed E-state index contributed by atoms with van der Waals surface area (Å²) < 4.78 is 10.4. The average Bonchev–Trinajstić information content (AvgIpc) is 2.83. The van der Waals surface area contributed by atoms with E-state index in [2.05, 4.69) is 9.84 Å². The number of carbonyl (C=O) groups excluding carboxylic acids is 2. The van der Waals surface area contributed by atoms with Gasteiger partial charge in [0.2, 0.25) is 5.91 Å². The third-order valence-electron chi connectivity index (χ3n) is 3.89. The van der Waals surface area contributed by atoms with Crippen LogP contribution >= 0.6 is 0 Å². The molecule has 0 saturated carbocycles. The summed E-state index contributed by atoms with van der Waals surface area (Å²) in [7, 11) is 2.79. The number of hydrogen-bond acceptors (Lipinski definition) is 5. The second kappa shape index (κ2) is 6.86. The second-order valence-corrected chi connectivity index (χ2v) is 5.87. The Kier molecular flexibility index (Phi) is 5.07. The van der Waals surface area contributed by atoms with Crippen LogP contribution in [0.2, 0.25) is 0 Å². The van der Waals surface area contributed by atoms with Gasteiger partial charge in [-0.25, -0.2) is 9.80 Å². The van der Waals surface area contributed by atoms with E-state index in [4.69, 9.17) is 4.42 Å². The number of fused-ring (bicyclic) bond motifs is 1. The molecule has 1 amide bonds. The van der Waals surface area contributed by atoms with E-state index in [1.807, 2.05) is 32.9 Å². The first-order valence-electron chi connectivity index (χ1n) is 7.64. The van der Waals surface area contributed by atoms with Crippen LogP contribution < -0.4 is 0 Å². The fraction of sp³-hybridized carbons (Fsp3) is 0.389. The van der Waals surface area contributed by atoms with E-state index in [-0.39, 0.29) is 18.0 Å². The summed E-state index contributed by atoms with van der Waals surface area (Å²) >= 11 is 0. The Morgan fingerprint density at radius 1 is 1.25 bits per heavy atom. The SMILES string of the molecule is COC(=O)C(C)=NN(C)C(=O)Cc1c(C)oc2c(C)cc(C)cc12. The van der Waals surface area contributed by atoms with Crippen LogP contribution in [0.5, 0.6) is 0 Å². The summed E-state index contributed by atoms with van der Waals surface area (Å²) in [5.74, 6) is -0.0804. The first-order chi connectivity index (χ1) is 11.2. The molecule has 0 aliphatic rings. The van der Waals surface area contributed by atoms with Gasteiger partial charge >= 0.3 is 5.97 Å². The first-order valence-corrected chi connectivity index (χ1v) is 7.64. The van der Waals surface area contributed by atoms with Crippen LogP contribution in [0, 0.1) is 20.8 Å². The predicted molar refractivity (Wildman–Crippen MR) is 92.0 cm³/mol. The zero-order chi connectivity index (χ0) is 18.0. The molecule has 6 nitrogen and oxygen atoms in total. The van der Waals surface area contributed by atoms with Crippen molar-refractivity contribution in [3.8, 4) is 0 Å². The third kappa shape index (κ3) is 3.48. The zero-order valence-electron chi connectivity index (χ0n) is 14.9. The van der Waals surface area contributed by atoms with E-state index in [1.54, 1.807) is 0 Å². The maximum atomic E-state index is 12.4. The number of furan rings is 1. The molecule has 1 heterocycles. The number of amides is 1. The normalized spacial score (nSPS) is 11.7. The molecule has 0 fully saturated rings. The van der Waals surface area contributed by atoms with E-state index in [0.29, 0.717) is 5.76 Å². The van der Waals surface area contributed by atoms with Crippen LogP contribution in [0.3, 0.4) is 0 Å². The Morgan fingerprint density at radius 3 is 2.54 bits per heavy atom. The predicted octanol–water partition coefficient (Wildman–Crippen LogP) is 2.91. The lowest BCUT2D eigenvalue weighted by atomic mass is 10.0. The van der Waals surface area contributed by atoms with Crippen molar-refractivity contribution < 1.29 is 18.7 Å². The molecule has 0 atom stereocenters. The maximum Gasteiger partial charge on any atom is 0.353 e. The number of aryl methyl sites for hydroxylation is 3. The average molecular weight is 330 g/mol. The van der Waals surface area contributed by atoms with Crippen LogP contribution in [0.25, 0.3) is 11.0 Å². The van der Waals surface area contributed by atoms with Gasteiger partial charge in [0.15, 0.2) is 0 Å². The highest BCUT2D eigenvalue weighted by Crippen LogP contribution is 2.29. The Hall–Kier alpha value is -2.63. The lowest BCUT2D eigenvalue weighted by Gasteiger charge is -2.12. The molecular weight excluding hydrogens is 308 g/mol. The Bertz CT molecular complexity index is 833. The van der Waals surface area contributed by atoms with Crippen molar-refractivity contribution in [3.63, 3.8) is 0 Å². The lowest BCUT2D eigenvalue weighted by molar-refractivity contribution is -0.132. The van der Waals surface area contributed by atoms with Crippen LogP contribution in [0.4, 0.5) is 0 Å². The van der Waals surface area contributed by atoms with E-state index >= 15 is 0 Å². The Balaban J connectivity index is 2.31. The molecule has 0 radical (unpaired) electrons. The highest BCUT2D eigenvalue weighted by Gasteiger charge is 2.19. The van der Waals surface area contributed by atoms with Crippen molar-refractivity contribution in [1.29, 1.82) is 0 Å². The molecular formula is C18H22N2O4. The molecule has 0 bridgehead atoms.